The molecule has 0 unspecified atom stereocenters. The topological polar surface area (TPSA) is 20.3 Å². The standard InChI is InChI=1S/C13H25NO/c1-13(2,3)12(15)14(4)10-11-8-6-5-7-9-11/h11H,5-10H2,1-4H3. The van der Waals surface area contributed by atoms with Gasteiger partial charge in [0.1, 0.15) is 0 Å². The van der Waals surface area contributed by atoms with Gasteiger partial charge in [0.15, 0.2) is 0 Å². The molecule has 0 aromatic rings. The molecule has 1 aliphatic rings. The van der Waals surface area contributed by atoms with Gasteiger partial charge in [-0.25, -0.2) is 0 Å². The van der Waals surface area contributed by atoms with Crippen LogP contribution in [-0.2, 0) is 4.79 Å². The number of hydrogen-bond donors (Lipinski definition) is 0. The Hall–Kier alpha value is -0.530. The molecule has 0 N–H and O–H groups in total. The third-order valence-electron chi connectivity index (χ3n) is 3.25. The first-order valence-electron chi connectivity index (χ1n) is 6.17. The summed E-state index contributed by atoms with van der Waals surface area (Å²) in [6.07, 6.45) is 6.70. The molecule has 88 valence electrons. The summed E-state index contributed by atoms with van der Waals surface area (Å²) in [7, 11) is 1.95. The number of carbonyl (C=O) groups excluding carboxylic acids is 1. The fraction of sp³-hybridized carbons (Fsp3) is 0.923. The molecule has 0 heterocycles. The zero-order chi connectivity index (χ0) is 11.5. The SMILES string of the molecule is CN(CC1CCCCC1)C(=O)C(C)(C)C. The first kappa shape index (κ1) is 12.5. The average molecular weight is 211 g/mol. The van der Waals surface area contributed by atoms with Crippen LogP contribution in [-0.4, -0.2) is 24.4 Å². The monoisotopic (exact) mass is 211 g/mol. The highest BCUT2D eigenvalue weighted by Gasteiger charge is 2.26. The minimum atomic E-state index is -0.233. The molecule has 0 saturated heterocycles. The van der Waals surface area contributed by atoms with Crippen LogP contribution in [0.25, 0.3) is 0 Å². The van der Waals surface area contributed by atoms with Crippen molar-refractivity contribution in [3.05, 3.63) is 0 Å². The summed E-state index contributed by atoms with van der Waals surface area (Å²) in [5.41, 5.74) is -0.233. The van der Waals surface area contributed by atoms with Crippen molar-refractivity contribution in [3.63, 3.8) is 0 Å². The van der Waals surface area contributed by atoms with Gasteiger partial charge in [-0.15, -0.1) is 0 Å². The molecule has 1 saturated carbocycles. The van der Waals surface area contributed by atoms with Crippen LogP contribution in [0.1, 0.15) is 52.9 Å². The van der Waals surface area contributed by atoms with Crippen LogP contribution in [0.15, 0.2) is 0 Å². The van der Waals surface area contributed by atoms with Gasteiger partial charge >= 0.3 is 0 Å². The van der Waals surface area contributed by atoms with E-state index in [0.717, 1.165) is 12.5 Å². The number of amides is 1. The highest BCUT2D eigenvalue weighted by Crippen LogP contribution is 2.25. The van der Waals surface area contributed by atoms with Gasteiger partial charge in [0.25, 0.3) is 0 Å². The van der Waals surface area contributed by atoms with Crippen LogP contribution in [0.2, 0.25) is 0 Å². The molecular formula is C13H25NO. The normalized spacial score (nSPS) is 18.9. The molecule has 1 amide bonds. The van der Waals surface area contributed by atoms with Crippen LogP contribution >= 0.6 is 0 Å². The summed E-state index contributed by atoms with van der Waals surface area (Å²) in [5.74, 6) is 1.02. The molecule has 1 rings (SSSR count). The third kappa shape index (κ3) is 3.84. The van der Waals surface area contributed by atoms with Crippen LogP contribution < -0.4 is 0 Å². The van der Waals surface area contributed by atoms with Crippen LogP contribution in [0, 0.1) is 11.3 Å². The summed E-state index contributed by atoms with van der Waals surface area (Å²) in [4.78, 5) is 13.9. The first-order valence-corrected chi connectivity index (χ1v) is 6.17. The molecule has 0 aromatic heterocycles. The highest BCUT2D eigenvalue weighted by atomic mass is 16.2. The van der Waals surface area contributed by atoms with E-state index in [1.807, 2.05) is 32.7 Å². The van der Waals surface area contributed by atoms with Gasteiger partial charge in [0.05, 0.1) is 0 Å². The van der Waals surface area contributed by atoms with E-state index in [1.165, 1.54) is 32.1 Å². The van der Waals surface area contributed by atoms with Crippen molar-refractivity contribution in [1.29, 1.82) is 0 Å². The summed E-state index contributed by atoms with van der Waals surface area (Å²) in [6, 6.07) is 0. The van der Waals surface area contributed by atoms with E-state index in [-0.39, 0.29) is 11.3 Å². The Morgan fingerprint density at radius 2 is 1.73 bits per heavy atom. The van der Waals surface area contributed by atoms with E-state index in [4.69, 9.17) is 0 Å². The zero-order valence-electron chi connectivity index (χ0n) is 10.7. The molecule has 1 fully saturated rings. The molecule has 1 aliphatic carbocycles. The maximum Gasteiger partial charge on any atom is 0.227 e. The summed E-state index contributed by atoms with van der Waals surface area (Å²) in [5, 5.41) is 0. The molecular weight excluding hydrogens is 186 g/mol. The van der Waals surface area contributed by atoms with Gasteiger partial charge in [-0.05, 0) is 18.8 Å². The smallest absolute Gasteiger partial charge is 0.227 e. The Bertz CT molecular complexity index is 211. The maximum absolute atomic E-state index is 12.0. The quantitative estimate of drug-likeness (QED) is 0.687. The van der Waals surface area contributed by atoms with Gasteiger partial charge in [-0.2, -0.15) is 0 Å². The van der Waals surface area contributed by atoms with Crippen molar-refractivity contribution in [2.24, 2.45) is 11.3 Å². The Balaban J connectivity index is 2.40. The fourth-order valence-corrected chi connectivity index (χ4v) is 2.41. The van der Waals surface area contributed by atoms with Crippen molar-refractivity contribution in [2.75, 3.05) is 13.6 Å². The van der Waals surface area contributed by atoms with Crippen molar-refractivity contribution >= 4 is 5.91 Å². The van der Waals surface area contributed by atoms with Crippen LogP contribution in [0.4, 0.5) is 0 Å². The van der Waals surface area contributed by atoms with Crippen LogP contribution in [0.3, 0.4) is 0 Å². The maximum atomic E-state index is 12.0. The Morgan fingerprint density at radius 1 is 1.20 bits per heavy atom. The number of hydrogen-bond acceptors (Lipinski definition) is 1. The molecule has 2 nitrogen and oxygen atoms in total. The second-order valence-electron chi connectivity index (χ2n) is 5.94. The summed E-state index contributed by atoms with van der Waals surface area (Å²) in [6.45, 7) is 6.93. The highest BCUT2D eigenvalue weighted by molar-refractivity contribution is 5.81. The summed E-state index contributed by atoms with van der Waals surface area (Å²) < 4.78 is 0. The number of nitrogens with zero attached hydrogens (tertiary/aromatic N) is 1. The fourth-order valence-electron chi connectivity index (χ4n) is 2.41. The number of rotatable bonds is 2. The molecule has 0 radical (unpaired) electrons. The van der Waals surface area contributed by atoms with Gasteiger partial charge < -0.3 is 4.90 Å². The predicted octanol–water partition coefficient (Wildman–Crippen LogP) is 3.07. The predicted molar refractivity (Wildman–Crippen MR) is 63.7 cm³/mol. The van der Waals surface area contributed by atoms with Gasteiger partial charge in [-0.3, -0.25) is 4.79 Å². The third-order valence-corrected chi connectivity index (χ3v) is 3.25. The first-order chi connectivity index (χ1) is 6.91. The molecule has 0 atom stereocenters. The van der Waals surface area contributed by atoms with Crippen molar-refractivity contribution < 1.29 is 4.79 Å². The van der Waals surface area contributed by atoms with E-state index in [0.29, 0.717) is 0 Å². The lowest BCUT2D eigenvalue weighted by Crippen LogP contribution is -2.39. The van der Waals surface area contributed by atoms with E-state index in [1.54, 1.807) is 0 Å². The lowest BCUT2D eigenvalue weighted by atomic mass is 9.88. The lowest BCUT2D eigenvalue weighted by molar-refractivity contribution is -0.138. The average Bonchev–Trinajstić information content (AvgIpc) is 2.16. The Labute approximate surface area is 94.0 Å². The minimum absolute atomic E-state index is 0.233. The number of carbonyl (C=O) groups is 1. The van der Waals surface area contributed by atoms with Crippen molar-refractivity contribution in [1.82, 2.24) is 4.90 Å². The van der Waals surface area contributed by atoms with Crippen molar-refractivity contribution in [3.8, 4) is 0 Å². The van der Waals surface area contributed by atoms with Gasteiger partial charge in [-0.1, -0.05) is 40.0 Å². The zero-order valence-corrected chi connectivity index (χ0v) is 10.7. The molecule has 0 spiro atoms. The largest absolute Gasteiger partial charge is 0.345 e. The molecule has 0 aliphatic heterocycles. The molecule has 0 bridgehead atoms. The second kappa shape index (κ2) is 5.00. The van der Waals surface area contributed by atoms with Gasteiger partial charge in [0.2, 0.25) is 5.91 Å². The van der Waals surface area contributed by atoms with E-state index in [9.17, 15) is 4.79 Å². The Morgan fingerprint density at radius 3 is 2.20 bits per heavy atom. The van der Waals surface area contributed by atoms with Gasteiger partial charge in [0, 0.05) is 19.0 Å². The Kier molecular flexibility index (Phi) is 4.18. The molecule has 15 heavy (non-hydrogen) atoms. The second-order valence-corrected chi connectivity index (χ2v) is 5.94. The lowest BCUT2D eigenvalue weighted by Gasteiger charge is -2.31. The van der Waals surface area contributed by atoms with Crippen molar-refractivity contribution in [2.45, 2.75) is 52.9 Å². The van der Waals surface area contributed by atoms with E-state index in [2.05, 4.69) is 0 Å². The molecule has 2 heteroatoms. The molecule has 0 aromatic carbocycles. The summed E-state index contributed by atoms with van der Waals surface area (Å²) >= 11 is 0. The van der Waals surface area contributed by atoms with E-state index < -0.39 is 0 Å². The van der Waals surface area contributed by atoms with Crippen LogP contribution in [0.5, 0.6) is 0 Å². The minimum Gasteiger partial charge on any atom is -0.345 e. The van der Waals surface area contributed by atoms with E-state index >= 15 is 0 Å².